The van der Waals surface area contributed by atoms with Crippen LogP contribution in [0.15, 0.2) is 42.5 Å². The van der Waals surface area contributed by atoms with Gasteiger partial charge >= 0.3 is 12.5 Å². The highest BCUT2D eigenvalue weighted by atomic mass is 35.5. The zero-order chi connectivity index (χ0) is 16.5. The molecule has 2 rings (SSSR count). The topological polar surface area (TPSA) is 9.23 Å². The highest BCUT2D eigenvalue weighted by Gasteiger charge is 2.34. The molecule has 0 aliphatic carbocycles. The third-order valence-electron chi connectivity index (χ3n) is 2.67. The van der Waals surface area contributed by atoms with Crippen molar-refractivity contribution in [3.05, 3.63) is 53.1 Å². The number of hydrogen-bond donors (Lipinski definition) is 0. The Labute approximate surface area is 126 Å². The maximum atomic E-state index is 13.0. The molecule has 1 nitrogen and oxygen atoms in total. The predicted molar refractivity (Wildman–Crippen MR) is 68.6 cm³/mol. The van der Waals surface area contributed by atoms with Crippen molar-refractivity contribution < 1.29 is 31.1 Å². The van der Waals surface area contributed by atoms with Gasteiger partial charge < -0.3 is 4.74 Å². The van der Waals surface area contributed by atoms with E-state index in [1.165, 1.54) is 6.07 Å². The summed E-state index contributed by atoms with van der Waals surface area (Å²) in [5, 5.41) is 0.0325. The van der Waals surface area contributed by atoms with Crippen LogP contribution in [-0.2, 0) is 6.18 Å². The Morgan fingerprint density at radius 2 is 1.55 bits per heavy atom. The van der Waals surface area contributed by atoms with E-state index in [1.807, 2.05) is 0 Å². The Bertz CT molecular complexity index is 678. The van der Waals surface area contributed by atoms with Crippen LogP contribution in [0.1, 0.15) is 5.56 Å². The van der Waals surface area contributed by atoms with Gasteiger partial charge in [-0.3, -0.25) is 0 Å². The first-order chi connectivity index (χ1) is 10.1. The lowest BCUT2D eigenvalue weighted by molar-refractivity contribution is -0.274. The minimum atomic E-state index is -4.93. The number of ether oxygens (including phenoxy) is 1. The molecule has 0 spiro atoms. The van der Waals surface area contributed by atoms with Crippen LogP contribution in [-0.4, -0.2) is 6.36 Å². The molecule has 0 aliphatic heterocycles. The SMILES string of the molecule is FC(F)(F)Oc1cccc(-c2cc(Cl)ccc2C(F)(F)F)c1. The van der Waals surface area contributed by atoms with Crippen LogP contribution in [0.5, 0.6) is 5.75 Å². The van der Waals surface area contributed by atoms with Gasteiger partial charge in [0.2, 0.25) is 0 Å². The second-order valence-corrected chi connectivity index (χ2v) is 4.70. The van der Waals surface area contributed by atoms with E-state index in [0.717, 1.165) is 36.4 Å². The number of rotatable bonds is 2. The van der Waals surface area contributed by atoms with Crippen molar-refractivity contribution in [1.29, 1.82) is 0 Å². The summed E-state index contributed by atoms with van der Waals surface area (Å²) in [4.78, 5) is 0. The fourth-order valence-corrected chi connectivity index (χ4v) is 2.04. The summed E-state index contributed by atoms with van der Waals surface area (Å²) in [5.74, 6) is -0.613. The Hall–Kier alpha value is -1.89. The molecule has 118 valence electrons. The molecule has 0 radical (unpaired) electrons. The predicted octanol–water partition coefficient (Wildman–Crippen LogP) is 5.92. The molecule has 0 heterocycles. The second kappa shape index (κ2) is 5.72. The van der Waals surface area contributed by atoms with Crippen LogP contribution in [0.2, 0.25) is 5.02 Å². The van der Waals surface area contributed by atoms with E-state index in [9.17, 15) is 26.3 Å². The van der Waals surface area contributed by atoms with Crippen LogP contribution in [0.25, 0.3) is 11.1 Å². The molecule has 0 atom stereocenters. The van der Waals surface area contributed by atoms with Crippen LogP contribution in [0, 0.1) is 0 Å². The van der Waals surface area contributed by atoms with Gasteiger partial charge in [-0.25, -0.2) is 0 Å². The molecular formula is C14H7ClF6O. The summed E-state index contributed by atoms with van der Waals surface area (Å²) in [6.45, 7) is 0. The van der Waals surface area contributed by atoms with Crippen molar-refractivity contribution in [3.8, 4) is 16.9 Å². The average Bonchev–Trinajstić information content (AvgIpc) is 2.35. The molecule has 2 aromatic carbocycles. The second-order valence-electron chi connectivity index (χ2n) is 4.26. The van der Waals surface area contributed by atoms with Gasteiger partial charge in [-0.2, -0.15) is 13.2 Å². The Morgan fingerprint density at radius 1 is 0.864 bits per heavy atom. The third kappa shape index (κ3) is 4.07. The minimum absolute atomic E-state index is 0.0325. The maximum absolute atomic E-state index is 13.0. The van der Waals surface area contributed by atoms with Crippen molar-refractivity contribution in [2.45, 2.75) is 12.5 Å². The van der Waals surface area contributed by atoms with Crippen molar-refractivity contribution in [1.82, 2.24) is 0 Å². The van der Waals surface area contributed by atoms with Crippen LogP contribution < -0.4 is 4.74 Å². The van der Waals surface area contributed by atoms with Gasteiger partial charge in [-0.1, -0.05) is 23.7 Å². The summed E-state index contributed by atoms with van der Waals surface area (Å²) >= 11 is 5.68. The molecule has 2 aromatic rings. The number of benzene rings is 2. The molecule has 0 fully saturated rings. The van der Waals surface area contributed by atoms with Crippen molar-refractivity contribution in [3.63, 3.8) is 0 Å². The molecule has 0 saturated carbocycles. The smallest absolute Gasteiger partial charge is 0.406 e. The van der Waals surface area contributed by atoms with E-state index in [-0.39, 0.29) is 16.1 Å². The molecule has 0 saturated heterocycles. The lowest BCUT2D eigenvalue weighted by atomic mass is 9.99. The van der Waals surface area contributed by atoms with Gasteiger partial charge in [-0.05, 0) is 41.5 Å². The monoisotopic (exact) mass is 340 g/mol. The Kier molecular flexibility index (Phi) is 4.28. The van der Waals surface area contributed by atoms with Gasteiger partial charge in [0, 0.05) is 5.02 Å². The van der Waals surface area contributed by atoms with E-state index in [2.05, 4.69) is 4.74 Å². The lowest BCUT2D eigenvalue weighted by Gasteiger charge is -2.15. The quantitative estimate of drug-likeness (QED) is 0.616. The van der Waals surface area contributed by atoms with E-state index in [0.29, 0.717) is 0 Å². The summed E-state index contributed by atoms with van der Waals surface area (Å²) in [5.41, 5.74) is -1.41. The van der Waals surface area contributed by atoms with Gasteiger partial charge in [0.05, 0.1) is 5.56 Å². The highest BCUT2D eigenvalue weighted by Crippen LogP contribution is 2.39. The normalized spacial score (nSPS) is 12.3. The summed E-state index contributed by atoms with van der Waals surface area (Å²) in [6.07, 6.45) is -9.60. The zero-order valence-corrected chi connectivity index (χ0v) is 11.4. The third-order valence-corrected chi connectivity index (χ3v) is 2.90. The van der Waals surface area contributed by atoms with Gasteiger partial charge in [-0.15, -0.1) is 13.2 Å². The molecule has 8 heteroatoms. The minimum Gasteiger partial charge on any atom is -0.406 e. The van der Waals surface area contributed by atoms with Gasteiger partial charge in [0.25, 0.3) is 0 Å². The summed E-state index contributed by atoms with van der Waals surface area (Å²) in [6, 6.07) is 7.14. The Morgan fingerprint density at radius 3 is 2.14 bits per heavy atom. The first-order valence-corrected chi connectivity index (χ1v) is 6.17. The molecule has 0 N–H and O–H groups in total. The molecule has 0 bridgehead atoms. The van der Waals surface area contributed by atoms with Crippen LogP contribution in [0.3, 0.4) is 0 Å². The number of hydrogen-bond acceptors (Lipinski definition) is 1. The highest BCUT2D eigenvalue weighted by molar-refractivity contribution is 6.30. The molecule has 0 aromatic heterocycles. The molecule has 0 amide bonds. The van der Waals surface area contributed by atoms with E-state index < -0.39 is 23.9 Å². The fourth-order valence-electron chi connectivity index (χ4n) is 1.86. The zero-order valence-electron chi connectivity index (χ0n) is 10.6. The largest absolute Gasteiger partial charge is 0.573 e. The van der Waals surface area contributed by atoms with Crippen LogP contribution in [0.4, 0.5) is 26.3 Å². The fraction of sp³-hybridized carbons (Fsp3) is 0.143. The molecular weight excluding hydrogens is 334 g/mol. The van der Waals surface area contributed by atoms with Gasteiger partial charge in [0.1, 0.15) is 5.75 Å². The van der Waals surface area contributed by atoms with Crippen molar-refractivity contribution >= 4 is 11.6 Å². The lowest BCUT2D eigenvalue weighted by Crippen LogP contribution is -2.17. The molecule has 0 aliphatic rings. The molecule has 0 unspecified atom stereocenters. The standard InChI is InChI=1S/C14H7ClF6O/c15-9-4-5-12(13(16,17)18)11(7-9)8-2-1-3-10(6-8)22-14(19,20)21/h1-7H. The van der Waals surface area contributed by atoms with Gasteiger partial charge in [0.15, 0.2) is 0 Å². The van der Waals surface area contributed by atoms with Crippen molar-refractivity contribution in [2.24, 2.45) is 0 Å². The first-order valence-electron chi connectivity index (χ1n) is 5.79. The van der Waals surface area contributed by atoms with E-state index >= 15 is 0 Å². The average molecular weight is 341 g/mol. The van der Waals surface area contributed by atoms with Crippen molar-refractivity contribution in [2.75, 3.05) is 0 Å². The summed E-state index contributed by atoms with van der Waals surface area (Å²) in [7, 11) is 0. The first kappa shape index (κ1) is 16.5. The molecule has 22 heavy (non-hydrogen) atoms. The maximum Gasteiger partial charge on any atom is 0.573 e. The van der Waals surface area contributed by atoms with E-state index in [4.69, 9.17) is 11.6 Å². The number of halogens is 7. The van der Waals surface area contributed by atoms with E-state index in [1.54, 1.807) is 0 Å². The summed E-state index contributed by atoms with van der Waals surface area (Å²) < 4.78 is 79.2. The Balaban J connectivity index is 2.52. The van der Waals surface area contributed by atoms with Crippen LogP contribution >= 0.6 is 11.6 Å². The number of alkyl halides is 6.